The molecule has 0 fully saturated rings. The second-order valence-electron chi connectivity index (χ2n) is 5.70. The van der Waals surface area contributed by atoms with E-state index in [-0.39, 0.29) is 5.82 Å². The van der Waals surface area contributed by atoms with Crippen molar-refractivity contribution in [1.29, 1.82) is 0 Å². The van der Waals surface area contributed by atoms with Crippen LogP contribution in [0.5, 0.6) is 0 Å². The summed E-state index contributed by atoms with van der Waals surface area (Å²) in [5.41, 5.74) is 2.73. The number of furan rings is 1. The van der Waals surface area contributed by atoms with Gasteiger partial charge in [0, 0.05) is 10.6 Å². The third-order valence-electron chi connectivity index (χ3n) is 4.02. The molecule has 0 atom stereocenters. The molecule has 0 aliphatic heterocycles. The van der Waals surface area contributed by atoms with Gasteiger partial charge in [0.15, 0.2) is 0 Å². The molecular weight excluding hydrogens is 325 g/mol. The molecule has 4 heteroatoms. The Balaban J connectivity index is 1.57. The Kier molecular flexibility index (Phi) is 5.34. The molecule has 1 N–H and O–H groups in total. The van der Waals surface area contributed by atoms with Crippen LogP contribution < -0.4 is 5.32 Å². The fraction of sp³-hybridized carbons (Fsp3) is 0.200. The Labute approximate surface area is 146 Å². The van der Waals surface area contributed by atoms with E-state index in [1.165, 1.54) is 6.07 Å². The Bertz CT molecular complexity index is 828. The Morgan fingerprint density at radius 2 is 1.88 bits per heavy atom. The van der Waals surface area contributed by atoms with Crippen LogP contribution in [-0.4, -0.2) is 6.54 Å². The summed E-state index contributed by atoms with van der Waals surface area (Å²) in [7, 11) is 0. The van der Waals surface area contributed by atoms with E-state index in [4.69, 9.17) is 16.0 Å². The van der Waals surface area contributed by atoms with Crippen LogP contribution in [0.4, 0.5) is 4.39 Å². The maximum absolute atomic E-state index is 13.5. The highest BCUT2D eigenvalue weighted by Gasteiger charge is 2.09. The molecule has 0 radical (unpaired) electrons. The zero-order valence-corrected chi connectivity index (χ0v) is 14.2. The van der Waals surface area contributed by atoms with E-state index in [1.807, 2.05) is 49.4 Å². The first-order chi connectivity index (χ1) is 11.6. The molecule has 0 bridgehead atoms. The predicted octanol–water partition coefficient (Wildman–Crippen LogP) is 5.38. The molecular formula is C20H19ClFNO. The van der Waals surface area contributed by atoms with Crippen molar-refractivity contribution >= 4 is 11.6 Å². The van der Waals surface area contributed by atoms with Crippen molar-refractivity contribution in [2.24, 2.45) is 0 Å². The van der Waals surface area contributed by atoms with Crippen molar-refractivity contribution in [3.63, 3.8) is 0 Å². The zero-order chi connectivity index (χ0) is 16.9. The van der Waals surface area contributed by atoms with Crippen molar-refractivity contribution in [3.05, 3.63) is 82.3 Å². The second kappa shape index (κ2) is 7.65. The minimum Gasteiger partial charge on any atom is -0.460 e. The fourth-order valence-electron chi connectivity index (χ4n) is 2.63. The smallest absolute Gasteiger partial charge is 0.134 e. The third-order valence-corrected chi connectivity index (χ3v) is 4.43. The molecule has 1 heterocycles. The van der Waals surface area contributed by atoms with E-state index in [9.17, 15) is 4.39 Å². The lowest BCUT2D eigenvalue weighted by Gasteiger charge is -2.05. The van der Waals surface area contributed by atoms with Crippen LogP contribution in [0.25, 0.3) is 11.3 Å². The first kappa shape index (κ1) is 16.7. The first-order valence-corrected chi connectivity index (χ1v) is 8.31. The van der Waals surface area contributed by atoms with Gasteiger partial charge in [-0.2, -0.15) is 0 Å². The van der Waals surface area contributed by atoms with Gasteiger partial charge in [-0.05, 0) is 55.3 Å². The van der Waals surface area contributed by atoms with E-state index < -0.39 is 0 Å². The van der Waals surface area contributed by atoms with Gasteiger partial charge in [0.2, 0.25) is 0 Å². The summed E-state index contributed by atoms with van der Waals surface area (Å²) in [6, 6.07) is 16.5. The van der Waals surface area contributed by atoms with Gasteiger partial charge in [-0.25, -0.2) is 4.39 Å². The van der Waals surface area contributed by atoms with Crippen molar-refractivity contribution in [2.45, 2.75) is 19.9 Å². The van der Waals surface area contributed by atoms with E-state index in [2.05, 4.69) is 5.32 Å². The van der Waals surface area contributed by atoms with E-state index in [0.717, 1.165) is 33.2 Å². The van der Waals surface area contributed by atoms with Crippen molar-refractivity contribution in [2.75, 3.05) is 6.54 Å². The monoisotopic (exact) mass is 343 g/mol. The quantitative estimate of drug-likeness (QED) is 0.608. The molecule has 0 unspecified atom stereocenters. The minimum absolute atomic E-state index is 0.156. The summed E-state index contributed by atoms with van der Waals surface area (Å²) in [4.78, 5) is 0. The van der Waals surface area contributed by atoms with Crippen LogP contribution in [-0.2, 0) is 13.0 Å². The van der Waals surface area contributed by atoms with Crippen LogP contribution in [0.2, 0.25) is 5.02 Å². The molecule has 0 saturated heterocycles. The van der Waals surface area contributed by atoms with Crippen LogP contribution in [0.1, 0.15) is 16.9 Å². The number of hydrogen-bond donors (Lipinski definition) is 1. The summed E-state index contributed by atoms with van der Waals surface area (Å²) < 4.78 is 19.4. The van der Waals surface area contributed by atoms with Gasteiger partial charge in [-0.1, -0.05) is 41.9 Å². The van der Waals surface area contributed by atoms with Gasteiger partial charge in [0.1, 0.15) is 17.3 Å². The average Bonchev–Trinajstić information content (AvgIpc) is 3.04. The van der Waals surface area contributed by atoms with Gasteiger partial charge in [0.25, 0.3) is 0 Å². The van der Waals surface area contributed by atoms with Gasteiger partial charge in [0.05, 0.1) is 6.54 Å². The maximum Gasteiger partial charge on any atom is 0.134 e. The molecule has 1 aromatic heterocycles. The van der Waals surface area contributed by atoms with Crippen molar-refractivity contribution < 1.29 is 8.81 Å². The van der Waals surface area contributed by atoms with Crippen molar-refractivity contribution in [3.8, 4) is 11.3 Å². The minimum atomic E-state index is -0.156. The lowest BCUT2D eigenvalue weighted by Crippen LogP contribution is -2.16. The number of halogens is 2. The molecule has 2 nitrogen and oxygen atoms in total. The largest absolute Gasteiger partial charge is 0.460 e. The lowest BCUT2D eigenvalue weighted by atomic mass is 10.1. The zero-order valence-electron chi connectivity index (χ0n) is 13.5. The number of rotatable bonds is 6. The molecule has 0 aliphatic rings. The topological polar surface area (TPSA) is 25.2 Å². The molecule has 24 heavy (non-hydrogen) atoms. The Morgan fingerprint density at radius 3 is 2.71 bits per heavy atom. The average molecular weight is 344 g/mol. The highest BCUT2D eigenvalue weighted by atomic mass is 35.5. The second-order valence-corrected chi connectivity index (χ2v) is 6.10. The molecule has 124 valence electrons. The van der Waals surface area contributed by atoms with Gasteiger partial charge < -0.3 is 9.73 Å². The van der Waals surface area contributed by atoms with Gasteiger partial charge in [-0.15, -0.1) is 0 Å². The summed E-state index contributed by atoms with van der Waals surface area (Å²) in [5, 5.41) is 4.01. The Morgan fingerprint density at radius 1 is 1.04 bits per heavy atom. The first-order valence-electron chi connectivity index (χ1n) is 7.93. The molecule has 3 rings (SSSR count). The number of hydrogen-bond acceptors (Lipinski definition) is 2. The standard InChI is InChI=1S/C20H19ClFNO/c1-14-17(6-4-7-18(14)21)20-10-9-16(24-20)13-23-12-11-15-5-2-3-8-19(15)22/h2-10,23H,11-13H2,1H3. The third kappa shape index (κ3) is 3.86. The number of benzene rings is 2. The highest BCUT2D eigenvalue weighted by molar-refractivity contribution is 6.31. The lowest BCUT2D eigenvalue weighted by molar-refractivity contribution is 0.493. The summed E-state index contributed by atoms with van der Waals surface area (Å²) >= 11 is 6.16. The molecule has 0 amide bonds. The molecule has 0 spiro atoms. The van der Waals surface area contributed by atoms with Crippen LogP contribution in [0.15, 0.2) is 59.0 Å². The molecule has 0 aliphatic carbocycles. The van der Waals surface area contributed by atoms with Gasteiger partial charge >= 0.3 is 0 Å². The highest BCUT2D eigenvalue weighted by Crippen LogP contribution is 2.29. The molecule has 0 saturated carbocycles. The Hall–Kier alpha value is -2.10. The summed E-state index contributed by atoms with van der Waals surface area (Å²) in [6.07, 6.45) is 0.646. The number of nitrogens with one attached hydrogen (secondary N) is 1. The predicted molar refractivity (Wildman–Crippen MR) is 95.7 cm³/mol. The summed E-state index contributed by atoms with van der Waals surface area (Å²) in [5.74, 6) is 1.50. The van der Waals surface area contributed by atoms with Gasteiger partial charge in [-0.3, -0.25) is 0 Å². The van der Waals surface area contributed by atoms with Crippen LogP contribution in [0, 0.1) is 12.7 Å². The van der Waals surface area contributed by atoms with E-state index >= 15 is 0 Å². The van der Waals surface area contributed by atoms with Crippen LogP contribution >= 0.6 is 11.6 Å². The summed E-state index contributed by atoms with van der Waals surface area (Å²) in [6.45, 7) is 3.27. The van der Waals surface area contributed by atoms with E-state index in [0.29, 0.717) is 19.5 Å². The van der Waals surface area contributed by atoms with Crippen molar-refractivity contribution in [1.82, 2.24) is 5.32 Å². The van der Waals surface area contributed by atoms with E-state index in [1.54, 1.807) is 6.07 Å². The fourth-order valence-corrected chi connectivity index (χ4v) is 2.80. The molecule has 2 aromatic carbocycles. The normalized spacial score (nSPS) is 11.0. The van der Waals surface area contributed by atoms with Crippen LogP contribution in [0.3, 0.4) is 0 Å². The maximum atomic E-state index is 13.5. The molecule has 3 aromatic rings. The SMILES string of the molecule is Cc1c(Cl)cccc1-c1ccc(CNCCc2ccccc2F)o1.